The van der Waals surface area contributed by atoms with Crippen molar-refractivity contribution in [2.45, 2.75) is 50.9 Å². The van der Waals surface area contributed by atoms with Gasteiger partial charge in [-0.05, 0) is 59.4 Å². The molecular weight excluding hydrogens is 519 g/mol. The normalized spacial score (nSPS) is 21.7. The molecule has 1 fully saturated rings. The molecule has 1 aromatic carbocycles. The lowest BCUT2D eigenvalue weighted by molar-refractivity contribution is -0.153. The second-order valence-electron chi connectivity index (χ2n) is 7.06. The average Bonchev–Trinajstić information content (AvgIpc) is 3.14. The molecule has 0 bridgehead atoms. The fraction of sp³-hybridized carbons (Fsp3) is 0.524. The summed E-state index contributed by atoms with van der Waals surface area (Å²) >= 11 is 2.21. The number of methoxy groups -OCH3 is 1. The molecule has 0 aliphatic heterocycles. The maximum absolute atomic E-state index is 13.1. The topological polar surface area (TPSA) is 94.1 Å². The van der Waals surface area contributed by atoms with E-state index in [9.17, 15) is 14.4 Å². The minimum atomic E-state index is -1.07. The van der Waals surface area contributed by atoms with Crippen molar-refractivity contribution in [3.05, 3.63) is 35.9 Å². The zero-order valence-corrected chi connectivity index (χ0v) is 20.3. The van der Waals surface area contributed by atoms with Gasteiger partial charge in [0.15, 0.2) is 0 Å². The van der Waals surface area contributed by atoms with E-state index in [0.29, 0.717) is 18.6 Å². The van der Waals surface area contributed by atoms with Gasteiger partial charge in [0.05, 0.1) is 13.7 Å². The van der Waals surface area contributed by atoms with Gasteiger partial charge in [-0.25, -0.2) is 4.79 Å². The lowest BCUT2D eigenvalue weighted by atomic mass is 9.78. The number of nitrogens with zero attached hydrogens (tertiary/aromatic N) is 1. The van der Waals surface area contributed by atoms with Crippen molar-refractivity contribution in [3.63, 3.8) is 0 Å². The number of amides is 1. The highest BCUT2D eigenvalue weighted by atomic mass is 127. The maximum atomic E-state index is 13.1. The molecule has 0 spiro atoms. The molecule has 0 saturated heterocycles. The van der Waals surface area contributed by atoms with Gasteiger partial charge in [-0.3, -0.25) is 14.6 Å². The maximum Gasteiger partial charge on any atom is 0.328 e. The molecule has 7 nitrogen and oxygen atoms in total. The van der Waals surface area contributed by atoms with Crippen LogP contribution in [-0.2, 0) is 23.9 Å². The van der Waals surface area contributed by atoms with Crippen LogP contribution in [0.25, 0.3) is 0 Å². The number of benzene rings is 1. The summed E-state index contributed by atoms with van der Waals surface area (Å²) in [6.45, 7) is 3.30. The smallest absolute Gasteiger partial charge is 0.328 e. The second-order valence-corrected chi connectivity index (χ2v) is 9.21. The number of carbonyl (C=O) groups is 3. The SMILES string of the molecule is CCOC(=O)[C@]1(C[C@H](NC(C)=O)C(=O)OC)CCC/C1=N\C(SI)c1ccccc1. The Morgan fingerprint density at radius 1 is 1.30 bits per heavy atom. The van der Waals surface area contributed by atoms with Crippen molar-refractivity contribution in [3.8, 4) is 0 Å². The van der Waals surface area contributed by atoms with Crippen LogP contribution in [0.4, 0.5) is 0 Å². The van der Waals surface area contributed by atoms with E-state index in [2.05, 4.69) is 26.5 Å². The molecule has 2 rings (SSSR count). The fourth-order valence-electron chi connectivity index (χ4n) is 3.76. The lowest BCUT2D eigenvalue weighted by Gasteiger charge is -2.31. The van der Waals surface area contributed by atoms with Crippen LogP contribution in [-0.4, -0.2) is 43.3 Å². The monoisotopic (exact) mass is 546 g/mol. The molecule has 1 amide bonds. The van der Waals surface area contributed by atoms with Crippen LogP contribution in [0.3, 0.4) is 0 Å². The predicted octanol–water partition coefficient (Wildman–Crippen LogP) is 4.01. The van der Waals surface area contributed by atoms with Gasteiger partial charge in [0.25, 0.3) is 0 Å². The van der Waals surface area contributed by atoms with Gasteiger partial charge >= 0.3 is 11.9 Å². The first-order valence-electron chi connectivity index (χ1n) is 9.79. The quantitative estimate of drug-likeness (QED) is 0.372. The lowest BCUT2D eigenvalue weighted by Crippen LogP contribution is -2.48. The van der Waals surface area contributed by atoms with E-state index in [0.717, 1.165) is 12.0 Å². The van der Waals surface area contributed by atoms with Crippen molar-refractivity contribution in [1.82, 2.24) is 5.32 Å². The van der Waals surface area contributed by atoms with Gasteiger partial charge in [0.1, 0.15) is 16.8 Å². The first kappa shape index (κ1) is 24.6. The van der Waals surface area contributed by atoms with Gasteiger partial charge in [-0.15, -0.1) is 0 Å². The molecule has 1 aliphatic carbocycles. The Labute approximate surface area is 193 Å². The Balaban J connectivity index is 2.47. The minimum Gasteiger partial charge on any atom is -0.467 e. The number of carbonyl (C=O) groups excluding carboxylic acids is 3. The zero-order valence-electron chi connectivity index (χ0n) is 17.4. The summed E-state index contributed by atoms with van der Waals surface area (Å²) in [5, 5.41) is 2.43. The van der Waals surface area contributed by atoms with Crippen LogP contribution < -0.4 is 5.32 Å². The first-order valence-corrected chi connectivity index (χ1v) is 13.2. The van der Waals surface area contributed by atoms with Crippen molar-refractivity contribution >= 4 is 53.7 Å². The molecule has 0 heterocycles. The molecule has 0 aromatic heterocycles. The third kappa shape index (κ3) is 5.96. The predicted molar refractivity (Wildman–Crippen MR) is 125 cm³/mol. The van der Waals surface area contributed by atoms with Crippen LogP contribution in [0.15, 0.2) is 35.3 Å². The molecule has 1 saturated carbocycles. The minimum absolute atomic E-state index is 0.0599. The summed E-state index contributed by atoms with van der Waals surface area (Å²) < 4.78 is 10.3. The van der Waals surface area contributed by atoms with Crippen LogP contribution in [0.1, 0.15) is 50.5 Å². The summed E-state index contributed by atoms with van der Waals surface area (Å²) in [6.07, 6.45) is 1.95. The van der Waals surface area contributed by atoms with Gasteiger partial charge in [-0.1, -0.05) is 39.3 Å². The number of hydrogen-bond donors (Lipinski definition) is 1. The van der Waals surface area contributed by atoms with E-state index in [1.165, 1.54) is 14.0 Å². The Morgan fingerprint density at radius 2 is 2.00 bits per heavy atom. The molecule has 1 aliphatic rings. The highest BCUT2D eigenvalue weighted by Crippen LogP contribution is 2.45. The van der Waals surface area contributed by atoms with Gasteiger partial charge in [0, 0.05) is 12.6 Å². The third-order valence-electron chi connectivity index (χ3n) is 5.09. The number of rotatable bonds is 9. The van der Waals surface area contributed by atoms with Crippen molar-refractivity contribution in [2.75, 3.05) is 13.7 Å². The standard InChI is InChI=1S/C21H27IN2O5S/c1-4-29-20(27)21(13-16(19(26)28-3)23-14(2)25)12-8-11-17(21)24-18(30-22)15-9-6-5-7-10-15/h5-7,9-10,16,18H,4,8,11-13H2,1-3H3,(H,23,25)/b24-17+/t16-,18?,21-/m0/s1. The molecule has 164 valence electrons. The Kier molecular flexibility index (Phi) is 9.60. The first-order chi connectivity index (χ1) is 14.4. The largest absolute Gasteiger partial charge is 0.467 e. The van der Waals surface area contributed by atoms with Crippen LogP contribution in [0.2, 0.25) is 0 Å². The van der Waals surface area contributed by atoms with Crippen LogP contribution in [0.5, 0.6) is 0 Å². The molecule has 3 atom stereocenters. The molecule has 30 heavy (non-hydrogen) atoms. The van der Waals surface area contributed by atoms with E-state index in [4.69, 9.17) is 14.5 Å². The fourth-order valence-corrected chi connectivity index (χ4v) is 5.41. The number of halogens is 1. The summed E-state index contributed by atoms with van der Waals surface area (Å²) in [5.74, 6) is -1.38. The van der Waals surface area contributed by atoms with E-state index >= 15 is 0 Å². The van der Waals surface area contributed by atoms with Crippen LogP contribution in [0, 0.1) is 5.41 Å². The van der Waals surface area contributed by atoms with E-state index < -0.39 is 23.4 Å². The molecule has 1 aromatic rings. The Hall–Kier alpha value is -1.62. The molecule has 1 N–H and O–H groups in total. The second kappa shape index (κ2) is 11.7. The molecule has 1 unspecified atom stereocenters. The molecule has 0 radical (unpaired) electrons. The molecular formula is C21H27IN2O5S. The highest BCUT2D eigenvalue weighted by Gasteiger charge is 2.50. The number of ether oxygens (including phenoxy) is 2. The third-order valence-corrected chi connectivity index (χ3v) is 7.09. The van der Waals surface area contributed by atoms with E-state index in [1.807, 2.05) is 30.3 Å². The summed E-state index contributed by atoms with van der Waals surface area (Å²) in [5.41, 5.74) is 0.662. The Bertz CT molecular complexity index is 789. The van der Waals surface area contributed by atoms with Gasteiger partial charge in [0.2, 0.25) is 5.91 Å². The summed E-state index contributed by atoms with van der Waals surface area (Å²) in [4.78, 5) is 42.1. The van der Waals surface area contributed by atoms with Crippen molar-refractivity contribution < 1.29 is 23.9 Å². The summed E-state index contributed by atoms with van der Waals surface area (Å²) in [7, 11) is 2.80. The van der Waals surface area contributed by atoms with Crippen molar-refractivity contribution in [1.29, 1.82) is 0 Å². The number of esters is 2. The Morgan fingerprint density at radius 3 is 2.57 bits per heavy atom. The average molecular weight is 546 g/mol. The number of aliphatic imine (C=N–C) groups is 1. The highest BCUT2D eigenvalue weighted by molar-refractivity contribution is 14.2. The van der Waals surface area contributed by atoms with Crippen LogP contribution >= 0.6 is 30.1 Å². The van der Waals surface area contributed by atoms with E-state index in [-0.39, 0.29) is 24.3 Å². The zero-order chi connectivity index (χ0) is 22.1. The van der Waals surface area contributed by atoms with Gasteiger partial charge < -0.3 is 14.8 Å². The number of nitrogens with one attached hydrogen (secondary N) is 1. The molecule has 9 heteroatoms. The van der Waals surface area contributed by atoms with Crippen molar-refractivity contribution in [2.24, 2.45) is 10.4 Å². The number of hydrogen-bond acceptors (Lipinski definition) is 7. The summed E-state index contributed by atoms with van der Waals surface area (Å²) in [6, 6.07) is 8.88. The van der Waals surface area contributed by atoms with E-state index in [1.54, 1.807) is 15.9 Å². The van der Waals surface area contributed by atoms with Gasteiger partial charge in [-0.2, -0.15) is 0 Å².